The van der Waals surface area contributed by atoms with Crippen LogP contribution in [0, 0.1) is 0 Å². The molecule has 0 radical (unpaired) electrons. The van der Waals surface area contributed by atoms with Gasteiger partial charge in [0.15, 0.2) is 0 Å². The highest BCUT2D eigenvalue weighted by Crippen LogP contribution is 2.21. The molecule has 0 saturated carbocycles. The second kappa shape index (κ2) is 3.25. The first-order chi connectivity index (χ1) is 7.33. The second-order valence-electron chi connectivity index (χ2n) is 4.03. The molecule has 80 valence electrons. The third kappa shape index (κ3) is 1.48. The lowest BCUT2D eigenvalue weighted by Crippen LogP contribution is -2.18. The van der Waals surface area contributed by atoms with Crippen molar-refractivity contribution in [1.29, 1.82) is 0 Å². The third-order valence-electron chi connectivity index (χ3n) is 2.96. The van der Waals surface area contributed by atoms with Gasteiger partial charge in [-0.25, -0.2) is 9.78 Å². The van der Waals surface area contributed by atoms with Crippen LogP contribution in [-0.2, 0) is 17.7 Å². The summed E-state index contributed by atoms with van der Waals surface area (Å²) in [6.07, 6.45) is 5.17. The quantitative estimate of drug-likeness (QED) is 0.747. The van der Waals surface area contributed by atoms with Gasteiger partial charge in [0.1, 0.15) is 18.5 Å². The number of imidazole rings is 1. The van der Waals surface area contributed by atoms with Gasteiger partial charge < -0.3 is 14.6 Å². The van der Waals surface area contributed by atoms with E-state index in [9.17, 15) is 4.79 Å². The first kappa shape index (κ1) is 8.76. The molecule has 5 nitrogen and oxygen atoms in total. The van der Waals surface area contributed by atoms with Crippen LogP contribution in [0.5, 0.6) is 0 Å². The van der Waals surface area contributed by atoms with Gasteiger partial charge in [0.2, 0.25) is 0 Å². The fourth-order valence-electron chi connectivity index (χ4n) is 2.15. The number of amides is 1. The molecule has 1 amide bonds. The van der Waals surface area contributed by atoms with Crippen LogP contribution in [0.2, 0.25) is 0 Å². The molecule has 1 aromatic heterocycles. The number of alkyl carbamates (subject to hydrolysis) is 1. The van der Waals surface area contributed by atoms with Gasteiger partial charge >= 0.3 is 6.09 Å². The zero-order valence-corrected chi connectivity index (χ0v) is 8.40. The molecule has 2 aliphatic rings. The highest BCUT2D eigenvalue weighted by Gasteiger charge is 2.27. The summed E-state index contributed by atoms with van der Waals surface area (Å²) in [7, 11) is 0. The van der Waals surface area contributed by atoms with Gasteiger partial charge in [0.05, 0.1) is 5.69 Å². The van der Waals surface area contributed by atoms with E-state index in [4.69, 9.17) is 4.74 Å². The second-order valence-corrected chi connectivity index (χ2v) is 4.03. The lowest BCUT2D eigenvalue weighted by molar-refractivity contribution is 0.177. The fourth-order valence-corrected chi connectivity index (χ4v) is 2.15. The average Bonchev–Trinajstić information content (AvgIpc) is 2.82. The van der Waals surface area contributed by atoms with Crippen molar-refractivity contribution >= 4 is 6.09 Å². The number of ether oxygens (including phenoxy) is 1. The summed E-state index contributed by atoms with van der Waals surface area (Å²) in [5.74, 6) is 1.14. The Labute approximate surface area is 87.4 Å². The van der Waals surface area contributed by atoms with Crippen molar-refractivity contribution in [2.75, 3.05) is 6.61 Å². The van der Waals surface area contributed by atoms with Gasteiger partial charge in [0.25, 0.3) is 0 Å². The van der Waals surface area contributed by atoms with E-state index >= 15 is 0 Å². The minimum Gasteiger partial charge on any atom is -0.447 e. The Bertz CT molecular complexity index is 376. The van der Waals surface area contributed by atoms with Crippen molar-refractivity contribution in [3.05, 3.63) is 17.7 Å². The number of carbonyl (C=O) groups excluding carboxylic acids is 1. The number of hydrogen-bond donors (Lipinski definition) is 1. The van der Waals surface area contributed by atoms with E-state index in [1.807, 2.05) is 6.20 Å². The molecule has 0 aromatic carbocycles. The predicted octanol–water partition coefficient (Wildman–Crippen LogP) is 1.00. The van der Waals surface area contributed by atoms with E-state index in [2.05, 4.69) is 14.9 Å². The zero-order chi connectivity index (χ0) is 10.3. The van der Waals surface area contributed by atoms with Crippen molar-refractivity contribution in [3.63, 3.8) is 0 Å². The van der Waals surface area contributed by atoms with Crippen LogP contribution in [0.25, 0.3) is 0 Å². The Morgan fingerprint density at radius 1 is 1.53 bits per heavy atom. The largest absolute Gasteiger partial charge is 0.447 e. The van der Waals surface area contributed by atoms with Crippen LogP contribution in [0.3, 0.4) is 0 Å². The molecule has 1 saturated heterocycles. The Balaban J connectivity index is 1.86. The normalized spacial score (nSPS) is 24.5. The van der Waals surface area contributed by atoms with Crippen LogP contribution >= 0.6 is 0 Å². The van der Waals surface area contributed by atoms with E-state index in [1.165, 1.54) is 12.8 Å². The van der Waals surface area contributed by atoms with Crippen molar-refractivity contribution in [2.45, 2.75) is 31.8 Å². The monoisotopic (exact) mass is 207 g/mol. The molecule has 0 aliphatic carbocycles. The number of rotatable bonds is 1. The average molecular weight is 207 g/mol. The summed E-state index contributed by atoms with van der Waals surface area (Å²) in [5, 5.41) is 2.74. The molecule has 1 N–H and O–H groups in total. The Hall–Kier alpha value is -1.52. The number of aryl methyl sites for hydroxylation is 2. The number of carbonyl (C=O) groups is 1. The number of nitrogens with one attached hydrogen (secondary N) is 1. The Morgan fingerprint density at radius 2 is 2.47 bits per heavy atom. The van der Waals surface area contributed by atoms with Crippen LogP contribution < -0.4 is 5.32 Å². The first-order valence-corrected chi connectivity index (χ1v) is 5.32. The van der Waals surface area contributed by atoms with Gasteiger partial charge in [-0.15, -0.1) is 0 Å². The Kier molecular flexibility index (Phi) is 1.90. The highest BCUT2D eigenvalue weighted by atomic mass is 16.6. The third-order valence-corrected chi connectivity index (χ3v) is 2.96. The lowest BCUT2D eigenvalue weighted by atomic mass is 10.2. The molecule has 1 atom stereocenters. The maximum absolute atomic E-state index is 10.9. The summed E-state index contributed by atoms with van der Waals surface area (Å²) in [5.41, 5.74) is 0.928. The SMILES string of the molecule is O=C1NC(c2cn3c(n2)CCCC3)CO1. The van der Waals surface area contributed by atoms with Gasteiger partial charge in [-0.3, -0.25) is 0 Å². The van der Waals surface area contributed by atoms with Gasteiger partial charge in [-0.05, 0) is 12.8 Å². The molecular formula is C10H13N3O2. The molecular weight excluding hydrogens is 194 g/mol. The molecule has 0 bridgehead atoms. The van der Waals surface area contributed by atoms with E-state index < -0.39 is 0 Å². The van der Waals surface area contributed by atoms with Crippen molar-refractivity contribution in [1.82, 2.24) is 14.9 Å². The number of hydrogen-bond acceptors (Lipinski definition) is 3. The maximum atomic E-state index is 10.9. The van der Waals surface area contributed by atoms with Crippen molar-refractivity contribution in [2.24, 2.45) is 0 Å². The van der Waals surface area contributed by atoms with E-state index in [0.717, 1.165) is 24.5 Å². The van der Waals surface area contributed by atoms with Gasteiger partial charge in [-0.2, -0.15) is 0 Å². The van der Waals surface area contributed by atoms with Crippen molar-refractivity contribution < 1.29 is 9.53 Å². The van der Waals surface area contributed by atoms with E-state index in [-0.39, 0.29) is 12.1 Å². The summed E-state index contributed by atoms with van der Waals surface area (Å²) in [6, 6.07) is -0.0596. The summed E-state index contributed by atoms with van der Waals surface area (Å²) >= 11 is 0. The van der Waals surface area contributed by atoms with Crippen LogP contribution in [0.1, 0.15) is 30.4 Å². The minimum atomic E-state index is -0.342. The van der Waals surface area contributed by atoms with Gasteiger partial charge in [-0.1, -0.05) is 0 Å². The minimum absolute atomic E-state index is 0.0596. The molecule has 3 heterocycles. The molecule has 1 aromatic rings. The number of cyclic esters (lactones) is 1. The smallest absolute Gasteiger partial charge is 0.407 e. The highest BCUT2D eigenvalue weighted by molar-refractivity contribution is 5.69. The van der Waals surface area contributed by atoms with Gasteiger partial charge in [0, 0.05) is 19.2 Å². The van der Waals surface area contributed by atoms with E-state index in [0.29, 0.717) is 6.61 Å². The number of aromatic nitrogens is 2. The standard InChI is InChI=1S/C10H13N3O2/c14-10-12-8(6-15-10)7-5-13-4-2-1-3-9(13)11-7/h5,8H,1-4,6H2,(H,12,14). The zero-order valence-electron chi connectivity index (χ0n) is 8.40. The van der Waals surface area contributed by atoms with E-state index in [1.54, 1.807) is 0 Å². The lowest BCUT2D eigenvalue weighted by Gasteiger charge is -2.11. The molecule has 0 spiro atoms. The van der Waals surface area contributed by atoms with Crippen molar-refractivity contribution in [3.8, 4) is 0 Å². The number of nitrogens with zero attached hydrogens (tertiary/aromatic N) is 2. The molecule has 1 unspecified atom stereocenters. The number of fused-ring (bicyclic) bond motifs is 1. The Morgan fingerprint density at radius 3 is 3.20 bits per heavy atom. The molecule has 2 aliphatic heterocycles. The van der Waals surface area contributed by atoms with Crippen LogP contribution in [0.15, 0.2) is 6.20 Å². The maximum Gasteiger partial charge on any atom is 0.407 e. The summed E-state index contributed by atoms with van der Waals surface area (Å²) in [6.45, 7) is 1.44. The summed E-state index contributed by atoms with van der Waals surface area (Å²) < 4.78 is 7.04. The summed E-state index contributed by atoms with van der Waals surface area (Å²) in [4.78, 5) is 15.4. The van der Waals surface area contributed by atoms with Crippen LogP contribution in [-0.4, -0.2) is 22.3 Å². The topological polar surface area (TPSA) is 56.2 Å². The predicted molar refractivity (Wildman–Crippen MR) is 52.4 cm³/mol. The molecule has 3 rings (SSSR count). The fraction of sp³-hybridized carbons (Fsp3) is 0.600. The molecule has 5 heteroatoms. The molecule has 1 fully saturated rings. The first-order valence-electron chi connectivity index (χ1n) is 5.32. The van der Waals surface area contributed by atoms with Crippen LogP contribution in [0.4, 0.5) is 4.79 Å². The molecule has 15 heavy (non-hydrogen) atoms.